The van der Waals surface area contributed by atoms with E-state index in [1.165, 1.54) is 6.07 Å². The second-order valence-electron chi connectivity index (χ2n) is 9.94. The molecule has 9 heteroatoms. The first-order chi connectivity index (χ1) is 17.0. The van der Waals surface area contributed by atoms with Gasteiger partial charge in [0.25, 0.3) is 0 Å². The Morgan fingerprint density at radius 1 is 1.03 bits per heavy atom. The van der Waals surface area contributed by atoms with Crippen molar-refractivity contribution in [3.63, 3.8) is 0 Å². The summed E-state index contributed by atoms with van der Waals surface area (Å²) in [6, 6.07) is 13.0. The molecule has 1 aromatic heterocycles. The Hall–Kier alpha value is -1.49. The van der Waals surface area contributed by atoms with E-state index in [0.717, 1.165) is 41.8 Å². The maximum atomic E-state index is 13.1. The quantitative estimate of drug-likeness (QED) is 0.283. The Morgan fingerprint density at radius 2 is 1.70 bits per heavy atom. The summed E-state index contributed by atoms with van der Waals surface area (Å²) in [4.78, 5) is 16.5. The fourth-order valence-electron chi connectivity index (χ4n) is 4.02. The van der Waals surface area contributed by atoms with Gasteiger partial charge in [0, 0.05) is 24.4 Å². The number of carbonyl (C=O) groups is 1. The molecule has 0 radical (unpaired) electrons. The summed E-state index contributed by atoms with van der Waals surface area (Å²) in [7, 11) is -4.24. The molecule has 3 rings (SSSR count). The van der Waals surface area contributed by atoms with Gasteiger partial charge in [-0.05, 0) is 47.2 Å². The maximum absolute atomic E-state index is 13.1. The molecule has 7 nitrogen and oxygen atoms in total. The number of hydrogen-bond acceptors (Lipinski definition) is 5. The van der Waals surface area contributed by atoms with Gasteiger partial charge in [-0.2, -0.15) is 0 Å². The number of amides is 1. The first-order valence-electron chi connectivity index (χ1n) is 12.4. The molecule has 0 saturated carbocycles. The third kappa shape index (κ3) is 8.76. The smallest absolute Gasteiger partial charge is 0.506 e. The molecule has 0 N–H and O–H groups in total. The minimum Gasteiger partial charge on any atom is -0.506 e. The van der Waals surface area contributed by atoms with Crippen LogP contribution in [0.15, 0.2) is 59.8 Å². The van der Waals surface area contributed by atoms with Crippen LogP contribution in [0.1, 0.15) is 70.8 Å². The molecule has 1 heterocycles. The largest absolute Gasteiger partial charge is 1.00 e. The van der Waals surface area contributed by atoms with E-state index < -0.39 is 16.1 Å². The average Bonchev–Trinajstić information content (AvgIpc) is 3.28. The number of aryl methyl sites for hydroxylation is 1. The molecule has 3 aromatic rings. The summed E-state index contributed by atoms with van der Waals surface area (Å²) >= 11 is 0. The van der Waals surface area contributed by atoms with E-state index in [9.17, 15) is 13.2 Å². The van der Waals surface area contributed by atoms with E-state index in [-0.39, 0.29) is 68.3 Å². The van der Waals surface area contributed by atoms with E-state index in [2.05, 4.69) is 42.0 Å². The van der Waals surface area contributed by atoms with Crippen molar-refractivity contribution in [1.29, 1.82) is 0 Å². The van der Waals surface area contributed by atoms with Crippen LogP contribution in [0.4, 0.5) is 4.79 Å². The van der Waals surface area contributed by atoms with Gasteiger partial charge in [-0.15, -0.1) is 0 Å². The van der Waals surface area contributed by atoms with Crippen molar-refractivity contribution in [2.75, 3.05) is 6.61 Å². The zero-order chi connectivity index (χ0) is 26.3. The van der Waals surface area contributed by atoms with Crippen LogP contribution in [0.3, 0.4) is 0 Å². The molecule has 0 fully saturated rings. The predicted molar refractivity (Wildman–Crippen MR) is 143 cm³/mol. The van der Waals surface area contributed by atoms with Crippen LogP contribution in [0.5, 0.6) is 0 Å². The van der Waals surface area contributed by atoms with Crippen molar-refractivity contribution in [1.82, 2.24) is 9.55 Å². The van der Waals surface area contributed by atoms with Gasteiger partial charge in [-0.1, -0.05) is 77.8 Å². The number of sulfonamides is 1. The monoisotopic (exact) mass is 549 g/mol. The molecule has 194 valence electrons. The van der Waals surface area contributed by atoms with Crippen LogP contribution in [-0.4, -0.2) is 30.7 Å². The van der Waals surface area contributed by atoms with Crippen LogP contribution in [0.25, 0.3) is 15.8 Å². The van der Waals surface area contributed by atoms with Crippen molar-refractivity contribution < 1.29 is 69.3 Å². The second-order valence-corrected chi connectivity index (χ2v) is 11.5. The summed E-state index contributed by atoms with van der Waals surface area (Å²) in [5, 5.41) is 0. The normalized spacial score (nSPS) is 11.6. The third-order valence-electron chi connectivity index (χ3n) is 5.78. The zero-order valence-corrected chi connectivity index (χ0v) is 26.8. The van der Waals surface area contributed by atoms with E-state index in [1.54, 1.807) is 6.07 Å². The number of benzene rings is 2. The number of unbranched alkanes of at least 4 members (excludes halogenated alkanes) is 1. The summed E-state index contributed by atoms with van der Waals surface area (Å²) in [6.45, 7) is 11.2. The van der Waals surface area contributed by atoms with E-state index in [4.69, 9.17) is 4.74 Å². The Kier molecular flexibility index (Phi) is 12.0. The molecule has 0 aliphatic rings. The van der Waals surface area contributed by atoms with Gasteiger partial charge in [-0.25, -0.2) is 13.4 Å². The van der Waals surface area contributed by atoms with Gasteiger partial charge in [0.2, 0.25) is 6.09 Å². The summed E-state index contributed by atoms with van der Waals surface area (Å²) in [6.07, 6.45) is 5.92. The van der Waals surface area contributed by atoms with Gasteiger partial charge in [0.05, 0.1) is 11.5 Å². The second kappa shape index (κ2) is 14.1. The SMILES string of the molecule is CCCCOC(=O)[N-]S(=O)(=O)c1ccc(CCC)cc1-c1ccc(Cn2ccnc2C(C)(C)C)cc1.[K+]. The Morgan fingerprint density at radius 3 is 2.32 bits per heavy atom. The van der Waals surface area contributed by atoms with Crippen molar-refractivity contribution in [2.45, 2.75) is 77.2 Å². The molecule has 0 atom stereocenters. The molecule has 0 unspecified atom stereocenters. The van der Waals surface area contributed by atoms with Crippen LogP contribution < -0.4 is 51.4 Å². The molecule has 0 bridgehead atoms. The van der Waals surface area contributed by atoms with E-state index >= 15 is 0 Å². The Bertz CT molecular complexity index is 1280. The number of imidazole rings is 1. The average molecular weight is 550 g/mol. The third-order valence-corrected chi connectivity index (χ3v) is 7.08. The van der Waals surface area contributed by atoms with Gasteiger partial charge < -0.3 is 14.0 Å². The first kappa shape index (κ1) is 31.7. The van der Waals surface area contributed by atoms with Crippen molar-refractivity contribution in [2.24, 2.45) is 0 Å². The van der Waals surface area contributed by atoms with E-state index in [1.807, 2.05) is 49.6 Å². The van der Waals surface area contributed by atoms with Crippen LogP contribution in [-0.2, 0) is 33.1 Å². The van der Waals surface area contributed by atoms with Crippen LogP contribution >= 0.6 is 0 Å². The van der Waals surface area contributed by atoms with Crippen molar-refractivity contribution in [3.05, 3.63) is 76.5 Å². The zero-order valence-electron chi connectivity index (χ0n) is 22.8. The maximum Gasteiger partial charge on any atom is 1.00 e. The molecule has 2 aromatic carbocycles. The van der Waals surface area contributed by atoms with Crippen LogP contribution in [0.2, 0.25) is 0 Å². The summed E-state index contributed by atoms with van der Waals surface area (Å²) < 4.78 is 36.6. The molecule has 0 aliphatic heterocycles. The summed E-state index contributed by atoms with van der Waals surface area (Å²) in [5.74, 6) is 1.000. The predicted octanol–water partition coefficient (Wildman–Crippen LogP) is 3.85. The molecular weight excluding hydrogens is 513 g/mol. The van der Waals surface area contributed by atoms with Crippen molar-refractivity contribution in [3.8, 4) is 11.1 Å². The van der Waals surface area contributed by atoms with Gasteiger partial charge in [-0.3, -0.25) is 4.79 Å². The standard InChI is InChI=1S/C28H37N3O4S.K/c1-6-8-18-35-27(32)30-36(33,34)25-15-12-21(9-7-2)19-24(25)23-13-10-22(11-14-23)20-31-17-16-29-26(31)28(3,4)5;/h10-17,19H,6-9,18,20H2,1-5H3,(H,30,32);/q;+1/p-1. The van der Waals surface area contributed by atoms with E-state index in [0.29, 0.717) is 18.5 Å². The number of ether oxygens (including phenoxy) is 1. The number of aromatic nitrogens is 2. The topological polar surface area (TPSA) is 92.4 Å². The number of carbonyl (C=O) groups excluding carboxylic acids is 1. The minimum absolute atomic E-state index is 0. The van der Waals surface area contributed by atoms with Crippen molar-refractivity contribution >= 4 is 16.1 Å². The molecule has 0 spiro atoms. The van der Waals surface area contributed by atoms with Gasteiger partial charge in [0.15, 0.2) is 0 Å². The fraction of sp³-hybridized carbons (Fsp3) is 0.429. The molecule has 37 heavy (non-hydrogen) atoms. The Balaban J connectivity index is 0.00000481. The number of hydrogen-bond donors (Lipinski definition) is 0. The fourth-order valence-corrected chi connectivity index (χ4v) is 5.06. The molecule has 0 saturated heterocycles. The minimum atomic E-state index is -4.24. The summed E-state index contributed by atoms with van der Waals surface area (Å²) in [5.41, 5.74) is 3.28. The number of rotatable bonds is 10. The van der Waals surface area contributed by atoms with Gasteiger partial charge >= 0.3 is 51.4 Å². The molecular formula is C28H36KN3O4S. The number of nitrogens with zero attached hydrogens (tertiary/aromatic N) is 3. The first-order valence-corrected chi connectivity index (χ1v) is 13.9. The molecule has 1 amide bonds. The van der Waals surface area contributed by atoms with Crippen LogP contribution in [0, 0.1) is 0 Å². The molecule has 0 aliphatic carbocycles. The Labute approximate surface area is 263 Å². The van der Waals surface area contributed by atoms with Gasteiger partial charge in [0.1, 0.15) is 15.8 Å².